The van der Waals surface area contributed by atoms with Crippen LogP contribution in [0.3, 0.4) is 0 Å². The lowest BCUT2D eigenvalue weighted by Crippen LogP contribution is -2.44. The monoisotopic (exact) mass is 499 g/mol. The highest BCUT2D eigenvalue weighted by Crippen LogP contribution is 2.29. The Hall–Kier alpha value is -3.98. The van der Waals surface area contributed by atoms with Crippen LogP contribution in [-0.2, 0) is 13.0 Å². The van der Waals surface area contributed by atoms with Crippen molar-refractivity contribution in [3.63, 3.8) is 0 Å². The first kappa shape index (κ1) is 24.7. The number of amides is 1. The van der Waals surface area contributed by atoms with Crippen LogP contribution in [0.5, 0.6) is 0 Å². The lowest BCUT2D eigenvalue weighted by atomic mass is 10.0. The van der Waals surface area contributed by atoms with Gasteiger partial charge in [0, 0.05) is 54.6 Å². The number of pyridine rings is 2. The number of H-pyrrole nitrogens is 1. The Morgan fingerprint density at radius 3 is 2.54 bits per heavy atom. The predicted molar refractivity (Wildman–Crippen MR) is 146 cm³/mol. The van der Waals surface area contributed by atoms with Gasteiger partial charge in [-0.15, -0.1) is 0 Å². The van der Waals surface area contributed by atoms with Gasteiger partial charge in [-0.05, 0) is 61.9 Å². The zero-order valence-corrected chi connectivity index (χ0v) is 21.6. The average Bonchev–Trinajstić information content (AvgIpc) is 3.29. The molecule has 4 heterocycles. The Bertz CT molecular complexity index is 1500. The number of likely N-dealkylation sites (N-methyl/N-ethyl adjacent to an activating group) is 1. The number of hydrogen-bond acceptors (Lipinski definition) is 6. The fourth-order valence-electron chi connectivity index (χ4n) is 5.05. The summed E-state index contributed by atoms with van der Waals surface area (Å²) < 4.78 is 1.77. The van der Waals surface area contributed by atoms with Crippen molar-refractivity contribution in [1.82, 2.24) is 24.6 Å². The van der Waals surface area contributed by atoms with Crippen LogP contribution >= 0.6 is 0 Å². The van der Waals surface area contributed by atoms with Gasteiger partial charge in [-0.3, -0.25) is 14.3 Å². The van der Waals surface area contributed by atoms with Crippen LogP contribution in [0.15, 0.2) is 47.5 Å². The number of benzene rings is 1. The summed E-state index contributed by atoms with van der Waals surface area (Å²) in [6, 6.07) is 9.86. The molecule has 1 amide bonds. The number of aromatic amines is 1. The summed E-state index contributed by atoms with van der Waals surface area (Å²) in [6.45, 7) is 8.19. The number of aromatic nitrogens is 4. The summed E-state index contributed by atoms with van der Waals surface area (Å²) in [5.74, 6) is 0.424. The molecule has 1 aliphatic heterocycles. The second kappa shape index (κ2) is 10.2. The third-order valence-electron chi connectivity index (χ3n) is 7.13. The SMILES string of the molecule is CCCc1cc(C)[nH]c(=O)c1Cn1ncc2c(C(N)=O)cc(-c3ccc(N4CCN(C)CC4)nc3)cc21. The van der Waals surface area contributed by atoms with E-state index < -0.39 is 5.91 Å². The van der Waals surface area contributed by atoms with Crippen molar-refractivity contribution in [2.75, 3.05) is 38.1 Å². The van der Waals surface area contributed by atoms with E-state index in [0.717, 1.165) is 72.7 Å². The molecule has 3 aromatic heterocycles. The van der Waals surface area contributed by atoms with Crippen molar-refractivity contribution in [2.45, 2.75) is 33.2 Å². The van der Waals surface area contributed by atoms with E-state index >= 15 is 0 Å². The van der Waals surface area contributed by atoms with Gasteiger partial charge in [-0.25, -0.2) is 4.98 Å². The number of primary amides is 1. The highest BCUT2D eigenvalue weighted by molar-refractivity contribution is 6.07. The Kier molecular flexibility index (Phi) is 6.80. The van der Waals surface area contributed by atoms with E-state index in [1.165, 1.54) is 0 Å². The molecule has 4 aromatic rings. The minimum Gasteiger partial charge on any atom is -0.366 e. The lowest BCUT2D eigenvalue weighted by molar-refractivity contribution is 0.100. The zero-order valence-electron chi connectivity index (χ0n) is 21.6. The summed E-state index contributed by atoms with van der Waals surface area (Å²) in [6.07, 6.45) is 5.23. The smallest absolute Gasteiger partial charge is 0.253 e. The van der Waals surface area contributed by atoms with Crippen molar-refractivity contribution in [3.8, 4) is 11.1 Å². The van der Waals surface area contributed by atoms with E-state index in [2.05, 4.69) is 33.9 Å². The van der Waals surface area contributed by atoms with Gasteiger partial charge in [0.15, 0.2) is 0 Å². The average molecular weight is 500 g/mol. The number of piperazine rings is 1. The predicted octanol–water partition coefficient (Wildman–Crippen LogP) is 2.95. The number of hydrogen-bond donors (Lipinski definition) is 2. The molecule has 9 heteroatoms. The van der Waals surface area contributed by atoms with Gasteiger partial charge < -0.3 is 20.5 Å². The van der Waals surface area contributed by atoms with Crippen molar-refractivity contribution in [2.24, 2.45) is 5.73 Å². The third kappa shape index (κ3) is 4.99. The topological polar surface area (TPSA) is 113 Å². The maximum Gasteiger partial charge on any atom is 0.253 e. The molecule has 0 radical (unpaired) electrons. The molecule has 37 heavy (non-hydrogen) atoms. The highest BCUT2D eigenvalue weighted by atomic mass is 16.1. The fraction of sp³-hybridized carbons (Fsp3) is 0.357. The van der Waals surface area contributed by atoms with E-state index in [1.54, 1.807) is 16.9 Å². The highest BCUT2D eigenvalue weighted by Gasteiger charge is 2.18. The zero-order chi connectivity index (χ0) is 26.1. The van der Waals surface area contributed by atoms with Crippen molar-refractivity contribution in [3.05, 3.63) is 75.5 Å². The van der Waals surface area contributed by atoms with Crippen molar-refractivity contribution < 1.29 is 4.79 Å². The number of nitrogens with one attached hydrogen (secondary N) is 1. The van der Waals surface area contributed by atoms with E-state index in [0.29, 0.717) is 23.1 Å². The molecule has 3 N–H and O–H groups in total. The molecular formula is C28H33N7O2. The Morgan fingerprint density at radius 1 is 1.08 bits per heavy atom. The maximum atomic E-state index is 12.9. The Labute approximate surface area is 215 Å². The summed E-state index contributed by atoms with van der Waals surface area (Å²) in [5, 5.41) is 5.21. The first-order chi connectivity index (χ1) is 17.8. The first-order valence-corrected chi connectivity index (χ1v) is 12.7. The normalized spacial score (nSPS) is 14.4. The number of nitrogens with zero attached hydrogens (tertiary/aromatic N) is 5. The molecule has 0 spiro atoms. The van der Waals surface area contributed by atoms with Gasteiger partial charge in [0.05, 0.1) is 23.8 Å². The fourth-order valence-corrected chi connectivity index (χ4v) is 5.05. The van der Waals surface area contributed by atoms with E-state index in [9.17, 15) is 9.59 Å². The molecule has 0 bridgehead atoms. The number of rotatable bonds is 7. The molecule has 5 rings (SSSR count). The van der Waals surface area contributed by atoms with E-state index in [4.69, 9.17) is 10.7 Å². The number of fused-ring (bicyclic) bond motifs is 1. The van der Waals surface area contributed by atoms with Gasteiger partial charge in [0.1, 0.15) is 5.82 Å². The van der Waals surface area contributed by atoms with Crippen LogP contribution in [0.25, 0.3) is 22.0 Å². The van der Waals surface area contributed by atoms with Gasteiger partial charge in [-0.1, -0.05) is 13.3 Å². The number of aryl methyl sites for hydroxylation is 2. The molecule has 0 unspecified atom stereocenters. The minimum atomic E-state index is -0.520. The Morgan fingerprint density at radius 2 is 1.86 bits per heavy atom. The summed E-state index contributed by atoms with van der Waals surface area (Å²) >= 11 is 0. The molecule has 1 aromatic carbocycles. The lowest BCUT2D eigenvalue weighted by Gasteiger charge is -2.33. The number of carbonyl (C=O) groups excluding carboxylic acids is 1. The number of anilines is 1. The van der Waals surface area contributed by atoms with Crippen LogP contribution in [0, 0.1) is 6.92 Å². The molecule has 1 saturated heterocycles. The van der Waals surface area contributed by atoms with Crippen molar-refractivity contribution >= 4 is 22.6 Å². The van der Waals surface area contributed by atoms with Crippen LogP contribution in [0.1, 0.15) is 40.5 Å². The standard InChI is InChI=1S/C28H33N7O2/c1-4-5-19-12-18(2)32-28(37)24(19)17-35-25-14-21(13-22(27(29)36)23(25)16-31-35)20-6-7-26(30-15-20)34-10-8-33(3)9-11-34/h6-7,12-16H,4-5,8-11,17H2,1-3H3,(H2,29,36)(H,32,37). The minimum absolute atomic E-state index is 0.109. The number of nitrogens with two attached hydrogens (primary N) is 1. The molecule has 1 aliphatic rings. The summed E-state index contributed by atoms with van der Waals surface area (Å²) in [4.78, 5) is 37.5. The first-order valence-electron chi connectivity index (χ1n) is 12.7. The van der Waals surface area contributed by atoms with E-state index in [-0.39, 0.29) is 5.56 Å². The molecule has 0 saturated carbocycles. The second-order valence-corrected chi connectivity index (χ2v) is 9.85. The van der Waals surface area contributed by atoms with Gasteiger partial charge >= 0.3 is 0 Å². The van der Waals surface area contributed by atoms with Gasteiger partial charge in [0.2, 0.25) is 5.91 Å². The largest absolute Gasteiger partial charge is 0.366 e. The van der Waals surface area contributed by atoms with Crippen LogP contribution in [0.4, 0.5) is 5.82 Å². The van der Waals surface area contributed by atoms with Crippen molar-refractivity contribution in [1.29, 1.82) is 0 Å². The molecule has 0 atom stereocenters. The maximum absolute atomic E-state index is 12.9. The molecule has 1 fully saturated rings. The molecule has 192 valence electrons. The Balaban J connectivity index is 1.53. The van der Waals surface area contributed by atoms with Gasteiger partial charge in [-0.2, -0.15) is 5.10 Å². The van der Waals surface area contributed by atoms with Crippen LogP contribution < -0.4 is 16.2 Å². The number of carbonyl (C=O) groups is 1. The van der Waals surface area contributed by atoms with Crippen LogP contribution in [-0.4, -0.2) is 63.8 Å². The third-order valence-corrected chi connectivity index (χ3v) is 7.13. The van der Waals surface area contributed by atoms with Gasteiger partial charge in [0.25, 0.3) is 5.56 Å². The quantitative estimate of drug-likeness (QED) is 0.404. The summed E-state index contributed by atoms with van der Waals surface area (Å²) in [7, 11) is 2.13. The van der Waals surface area contributed by atoms with E-state index in [1.807, 2.05) is 37.4 Å². The summed E-state index contributed by atoms with van der Waals surface area (Å²) in [5.41, 5.74) is 11.1. The molecule has 0 aliphatic carbocycles. The van der Waals surface area contributed by atoms with Crippen LogP contribution in [0.2, 0.25) is 0 Å². The molecule has 9 nitrogen and oxygen atoms in total. The second-order valence-electron chi connectivity index (χ2n) is 9.85. The molecular weight excluding hydrogens is 466 g/mol.